The summed E-state index contributed by atoms with van der Waals surface area (Å²) in [6.45, 7) is 11.7. The molecule has 1 fully saturated rings. The summed E-state index contributed by atoms with van der Waals surface area (Å²) in [5.41, 5.74) is 0.648. The molecule has 0 radical (unpaired) electrons. The summed E-state index contributed by atoms with van der Waals surface area (Å²) in [5.74, 6) is 0.139. The van der Waals surface area contributed by atoms with Gasteiger partial charge in [0.1, 0.15) is 0 Å². The van der Waals surface area contributed by atoms with E-state index in [1.54, 1.807) is 13.8 Å². The van der Waals surface area contributed by atoms with Gasteiger partial charge in [-0.1, -0.05) is 67.4 Å². The fourth-order valence-corrected chi connectivity index (χ4v) is 5.63. The van der Waals surface area contributed by atoms with E-state index in [0.717, 1.165) is 17.5 Å². The maximum absolute atomic E-state index is 14.2. The van der Waals surface area contributed by atoms with Gasteiger partial charge in [-0.3, -0.25) is 4.79 Å². The first-order valence-corrected chi connectivity index (χ1v) is 12.4. The average molecular weight is 488 g/mol. The molecule has 0 spiro atoms. The van der Waals surface area contributed by atoms with Crippen molar-refractivity contribution in [3.63, 3.8) is 0 Å². The smallest absolute Gasteiger partial charge is 0.229 e. The van der Waals surface area contributed by atoms with E-state index in [4.69, 9.17) is 23.2 Å². The van der Waals surface area contributed by atoms with Crippen LogP contribution in [0.15, 0.2) is 61.2 Å². The van der Waals surface area contributed by atoms with Gasteiger partial charge in [-0.25, -0.2) is 0 Å². The molecule has 0 bridgehead atoms. The van der Waals surface area contributed by atoms with Crippen LogP contribution in [0.25, 0.3) is 0 Å². The van der Waals surface area contributed by atoms with Crippen LogP contribution in [0, 0.1) is 5.41 Å². The molecule has 0 saturated carbocycles. The van der Waals surface area contributed by atoms with Crippen LogP contribution in [0.4, 0.5) is 0 Å². The Bertz CT molecular complexity index is 982. The lowest BCUT2D eigenvalue weighted by Crippen LogP contribution is -2.56. The van der Waals surface area contributed by atoms with Gasteiger partial charge in [0.05, 0.1) is 17.1 Å². The number of amides is 1. The van der Waals surface area contributed by atoms with Crippen molar-refractivity contribution in [2.24, 2.45) is 5.41 Å². The highest BCUT2D eigenvalue weighted by atomic mass is 35.5. The predicted octanol–water partition coefficient (Wildman–Crippen LogP) is 7.57. The van der Waals surface area contributed by atoms with Crippen LogP contribution in [0.3, 0.4) is 0 Å². The number of nitrogens with zero attached hydrogens (tertiary/aromatic N) is 1. The van der Waals surface area contributed by atoms with Crippen molar-refractivity contribution < 1.29 is 9.90 Å². The number of carbonyl (C=O) groups excluding carboxylic acids is 1. The molecule has 1 saturated heterocycles. The molecule has 178 valence electrons. The molecule has 0 aromatic heterocycles. The van der Waals surface area contributed by atoms with Gasteiger partial charge in [-0.15, -0.1) is 6.58 Å². The highest BCUT2D eigenvalue weighted by molar-refractivity contribution is 6.30. The van der Waals surface area contributed by atoms with Crippen molar-refractivity contribution in [3.8, 4) is 0 Å². The molecular formula is C28H35Cl2NO2. The second kappa shape index (κ2) is 10.2. The summed E-state index contributed by atoms with van der Waals surface area (Å²) in [7, 11) is 0. The van der Waals surface area contributed by atoms with Crippen LogP contribution in [0.2, 0.25) is 10.0 Å². The molecule has 5 heteroatoms. The first kappa shape index (κ1) is 25.8. The van der Waals surface area contributed by atoms with Crippen molar-refractivity contribution in [2.45, 2.75) is 77.0 Å². The van der Waals surface area contributed by atoms with E-state index in [1.165, 1.54) is 0 Å². The van der Waals surface area contributed by atoms with Crippen molar-refractivity contribution >= 4 is 29.1 Å². The van der Waals surface area contributed by atoms with Crippen LogP contribution < -0.4 is 0 Å². The lowest BCUT2D eigenvalue weighted by Gasteiger charge is -2.52. The minimum atomic E-state index is -0.899. The monoisotopic (exact) mass is 487 g/mol. The number of carbonyl (C=O) groups is 1. The highest BCUT2D eigenvalue weighted by Gasteiger charge is 2.51. The van der Waals surface area contributed by atoms with Crippen LogP contribution >= 0.6 is 23.2 Å². The number of halogens is 2. The fraction of sp³-hybridized carbons (Fsp3) is 0.464. The summed E-state index contributed by atoms with van der Waals surface area (Å²) < 4.78 is 0. The zero-order chi connectivity index (χ0) is 24.4. The Morgan fingerprint density at radius 2 is 1.85 bits per heavy atom. The number of piperidine rings is 1. The molecule has 0 aliphatic carbocycles. The number of hydrogen-bond donors (Lipinski definition) is 1. The molecule has 2 aromatic carbocycles. The third kappa shape index (κ3) is 5.82. The van der Waals surface area contributed by atoms with Crippen molar-refractivity contribution in [1.29, 1.82) is 0 Å². The Balaban J connectivity index is 2.23. The van der Waals surface area contributed by atoms with Gasteiger partial charge in [0.25, 0.3) is 0 Å². The minimum Gasteiger partial charge on any atom is -0.390 e. The molecule has 1 amide bonds. The normalized spacial score (nSPS) is 24.6. The van der Waals surface area contributed by atoms with Crippen LogP contribution in [0.5, 0.6) is 0 Å². The average Bonchev–Trinajstić information content (AvgIpc) is 2.74. The first-order valence-electron chi connectivity index (χ1n) is 11.7. The molecule has 3 nitrogen and oxygen atoms in total. The van der Waals surface area contributed by atoms with E-state index in [2.05, 4.69) is 19.6 Å². The zero-order valence-electron chi connectivity index (χ0n) is 20.0. The Kier molecular flexibility index (Phi) is 7.99. The molecule has 3 rings (SSSR count). The SMILES string of the molecule is C=CC[C@@]1(C)C[C@H](c2cccc(Cl)c2)[C@@H](c2ccc(Cl)cc2)N([C@@H](CC)CC(C)(C)O)C1=O. The number of allylic oxidation sites excluding steroid dienone is 1. The summed E-state index contributed by atoms with van der Waals surface area (Å²) in [6, 6.07) is 15.4. The van der Waals surface area contributed by atoms with Gasteiger partial charge in [-0.05, 0) is 74.9 Å². The van der Waals surface area contributed by atoms with E-state index in [1.807, 2.05) is 60.4 Å². The summed E-state index contributed by atoms with van der Waals surface area (Å²) in [4.78, 5) is 16.2. The standard InChI is InChI=1S/C28H35Cl2NO2/c1-6-15-28(5)18-24(20-9-8-10-22(30)16-20)25(19-11-13-21(29)14-12-19)31(26(28)32)23(7-2)17-27(3,4)33/h6,8-14,16,23-25,33H,1,7,15,17-18H2,2-5H3/t23-,24+,25+,28-/m0/s1. The van der Waals surface area contributed by atoms with E-state index in [-0.39, 0.29) is 23.9 Å². The van der Waals surface area contributed by atoms with Crippen LogP contribution in [-0.2, 0) is 4.79 Å². The lowest BCUT2D eigenvalue weighted by atomic mass is 9.66. The second-order valence-electron chi connectivity index (χ2n) is 10.2. The van der Waals surface area contributed by atoms with Crippen LogP contribution in [0.1, 0.15) is 76.5 Å². The van der Waals surface area contributed by atoms with Gasteiger partial charge in [0.15, 0.2) is 0 Å². The third-order valence-corrected chi connectivity index (χ3v) is 7.27. The Hall–Kier alpha value is -1.81. The maximum Gasteiger partial charge on any atom is 0.229 e. The molecule has 4 atom stereocenters. The highest BCUT2D eigenvalue weighted by Crippen LogP contribution is 2.52. The van der Waals surface area contributed by atoms with E-state index in [0.29, 0.717) is 29.3 Å². The molecule has 0 unspecified atom stereocenters. The zero-order valence-corrected chi connectivity index (χ0v) is 21.5. The molecule has 1 aliphatic heterocycles. The van der Waals surface area contributed by atoms with E-state index < -0.39 is 11.0 Å². The van der Waals surface area contributed by atoms with Gasteiger partial charge in [-0.2, -0.15) is 0 Å². The molecule has 1 heterocycles. The Morgan fingerprint density at radius 1 is 1.18 bits per heavy atom. The predicted molar refractivity (Wildman–Crippen MR) is 138 cm³/mol. The third-order valence-electron chi connectivity index (χ3n) is 6.79. The molecule has 2 aromatic rings. The van der Waals surface area contributed by atoms with Gasteiger partial charge < -0.3 is 10.0 Å². The Morgan fingerprint density at radius 3 is 2.39 bits per heavy atom. The number of hydrogen-bond acceptors (Lipinski definition) is 2. The van der Waals surface area contributed by atoms with Gasteiger partial charge in [0, 0.05) is 22.0 Å². The molecule has 33 heavy (non-hydrogen) atoms. The topological polar surface area (TPSA) is 40.5 Å². The number of benzene rings is 2. The maximum atomic E-state index is 14.2. The largest absolute Gasteiger partial charge is 0.390 e. The lowest BCUT2D eigenvalue weighted by molar-refractivity contribution is -0.156. The van der Waals surface area contributed by atoms with Crippen molar-refractivity contribution in [3.05, 3.63) is 82.4 Å². The molecular weight excluding hydrogens is 453 g/mol. The summed E-state index contributed by atoms with van der Waals surface area (Å²) in [6.07, 6.45) is 4.34. The number of likely N-dealkylation sites (tertiary alicyclic amines) is 1. The van der Waals surface area contributed by atoms with Crippen molar-refractivity contribution in [1.82, 2.24) is 4.90 Å². The van der Waals surface area contributed by atoms with E-state index >= 15 is 0 Å². The van der Waals surface area contributed by atoms with Gasteiger partial charge >= 0.3 is 0 Å². The minimum absolute atomic E-state index is 0.0309. The Labute approximate surface area is 208 Å². The number of aliphatic hydroxyl groups is 1. The van der Waals surface area contributed by atoms with Crippen LogP contribution in [-0.4, -0.2) is 27.6 Å². The summed E-state index contributed by atoms with van der Waals surface area (Å²) in [5, 5.41) is 12.0. The molecule has 1 aliphatic rings. The van der Waals surface area contributed by atoms with Crippen molar-refractivity contribution in [2.75, 3.05) is 0 Å². The summed E-state index contributed by atoms with van der Waals surface area (Å²) >= 11 is 12.6. The fourth-order valence-electron chi connectivity index (χ4n) is 5.30. The second-order valence-corrected chi connectivity index (χ2v) is 11.1. The van der Waals surface area contributed by atoms with E-state index in [9.17, 15) is 9.90 Å². The quantitative estimate of drug-likeness (QED) is 0.389. The number of rotatable bonds is 8. The van der Waals surface area contributed by atoms with Gasteiger partial charge in [0.2, 0.25) is 5.91 Å². The first-order chi connectivity index (χ1) is 15.5. The molecule has 1 N–H and O–H groups in total.